The lowest BCUT2D eigenvalue weighted by molar-refractivity contribution is 0.286. The highest BCUT2D eigenvalue weighted by atomic mass is 19.1. The van der Waals surface area contributed by atoms with Crippen molar-refractivity contribution in [3.8, 4) is 11.1 Å². The predicted octanol–water partition coefficient (Wildman–Crippen LogP) is 1.54. The van der Waals surface area contributed by atoms with Crippen LogP contribution in [0, 0.1) is 5.82 Å². The molecule has 1 aliphatic heterocycles. The van der Waals surface area contributed by atoms with Crippen LogP contribution in [-0.2, 0) is 4.76 Å². The van der Waals surface area contributed by atoms with E-state index in [0.29, 0.717) is 5.46 Å². The van der Waals surface area contributed by atoms with E-state index in [4.69, 9.17) is 4.76 Å². The number of rotatable bonds is 1. The summed E-state index contributed by atoms with van der Waals surface area (Å²) < 4.78 is 17.6. The first-order valence-electron chi connectivity index (χ1n) is 5.51. The highest BCUT2D eigenvalue weighted by molar-refractivity contribution is 6.62. The molecule has 1 heterocycles. The second kappa shape index (κ2) is 4.27. The van der Waals surface area contributed by atoms with Gasteiger partial charge in [0.25, 0.3) is 0 Å². The zero-order valence-corrected chi connectivity index (χ0v) is 9.38. The number of benzene rings is 2. The van der Waals surface area contributed by atoms with Crippen molar-refractivity contribution in [1.29, 1.82) is 0 Å². The zero-order chi connectivity index (χ0) is 12.5. The quantitative estimate of drug-likeness (QED) is 0.769. The Morgan fingerprint density at radius 2 is 1.78 bits per heavy atom. The predicted molar refractivity (Wildman–Crippen MR) is 68.1 cm³/mol. The lowest BCUT2D eigenvalue weighted by atomic mass is 9.75. The van der Waals surface area contributed by atoms with Gasteiger partial charge in [-0.25, -0.2) is 4.39 Å². The molecule has 88 valence electrons. The van der Waals surface area contributed by atoms with Gasteiger partial charge in [-0.15, -0.1) is 5.16 Å². The van der Waals surface area contributed by atoms with E-state index in [1.54, 1.807) is 24.4 Å². The molecule has 2 aromatic rings. The molecular weight excluding hydrogens is 232 g/mol. The van der Waals surface area contributed by atoms with Gasteiger partial charge in [-0.1, -0.05) is 24.3 Å². The zero-order valence-electron chi connectivity index (χ0n) is 9.38. The number of hydrogen-bond donors (Lipinski definition) is 1. The Morgan fingerprint density at radius 3 is 2.56 bits per heavy atom. The molecule has 0 spiro atoms. The maximum atomic E-state index is 12.9. The Morgan fingerprint density at radius 1 is 1.06 bits per heavy atom. The highest BCUT2D eigenvalue weighted by Crippen LogP contribution is 2.20. The molecule has 1 N–H and O–H groups in total. The normalized spacial score (nSPS) is 13.1. The summed E-state index contributed by atoms with van der Waals surface area (Å²) in [5, 5.41) is 13.2. The minimum atomic E-state index is -1.02. The summed E-state index contributed by atoms with van der Waals surface area (Å²) in [4.78, 5) is 0. The van der Waals surface area contributed by atoms with Crippen LogP contribution in [-0.4, -0.2) is 18.4 Å². The van der Waals surface area contributed by atoms with Gasteiger partial charge in [0.05, 0.1) is 6.21 Å². The molecule has 3 nitrogen and oxygen atoms in total. The topological polar surface area (TPSA) is 41.8 Å². The van der Waals surface area contributed by atoms with E-state index in [1.165, 1.54) is 12.1 Å². The van der Waals surface area contributed by atoms with Crippen molar-refractivity contribution in [1.82, 2.24) is 0 Å². The van der Waals surface area contributed by atoms with Gasteiger partial charge >= 0.3 is 7.12 Å². The number of hydrogen-bond acceptors (Lipinski definition) is 3. The van der Waals surface area contributed by atoms with E-state index in [9.17, 15) is 9.41 Å². The van der Waals surface area contributed by atoms with Crippen molar-refractivity contribution in [3.05, 3.63) is 53.8 Å². The van der Waals surface area contributed by atoms with Crippen LogP contribution < -0.4 is 5.46 Å². The molecule has 0 saturated heterocycles. The molecular formula is C13H9BFNO2. The van der Waals surface area contributed by atoms with Crippen molar-refractivity contribution in [2.24, 2.45) is 5.16 Å². The van der Waals surface area contributed by atoms with E-state index < -0.39 is 7.12 Å². The third-order valence-corrected chi connectivity index (χ3v) is 2.88. The Kier molecular flexibility index (Phi) is 2.61. The fourth-order valence-electron chi connectivity index (χ4n) is 1.93. The highest BCUT2D eigenvalue weighted by Gasteiger charge is 2.24. The van der Waals surface area contributed by atoms with Crippen molar-refractivity contribution < 1.29 is 14.2 Å². The fraction of sp³-hybridized carbons (Fsp3) is 0. The monoisotopic (exact) mass is 241 g/mol. The summed E-state index contributed by atoms with van der Waals surface area (Å²) in [5.41, 5.74) is 3.33. The molecule has 0 unspecified atom stereocenters. The molecule has 1 aliphatic rings. The van der Waals surface area contributed by atoms with Gasteiger partial charge in [-0.2, -0.15) is 0 Å². The van der Waals surface area contributed by atoms with Crippen LogP contribution in [0.4, 0.5) is 4.39 Å². The molecule has 0 bridgehead atoms. The molecule has 0 atom stereocenters. The first-order chi connectivity index (χ1) is 8.74. The van der Waals surface area contributed by atoms with Crippen molar-refractivity contribution in [2.45, 2.75) is 0 Å². The van der Waals surface area contributed by atoms with E-state index in [2.05, 4.69) is 5.16 Å². The van der Waals surface area contributed by atoms with E-state index in [0.717, 1.165) is 16.7 Å². The number of fused-ring (bicyclic) bond motifs is 1. The summed E-state index contributed by atoms with van der Waals surface area (Å²) >= 11 is 0. The lowest BCUT2D eigenvalue weighted by Crippen LogP contribution is -2.37. The second-order valence-corrected chi connectivity index (χ2v) is 4.04. The third kappa shape index (κ3) is 1.89. The summed E-state index contributed by atoms with van der Waals surface area (Å²) in [5.74, 6) is -0.262. The molecule has 0 aromatic heterocycles. The van der Waals surface area contributed by atoms with E-state index >= 15 is 0 Å². The van der Waals surface area contributed by atoms with Crippen LogP contribution >= 0.6 is 0 Å². The van der Waals surface area contributed by atoms with Gasteiger partial charge < -0.3 is 9.78 Å². The molecule has 18 heavy (non-hydrogen) atoms. The van der Waals surface area contributed by atoms with Crippen LogP contribution in [0.3, 0.4) is 0 Å². The summed E-state index contributed by atoms with van der Waals surface area (Å²) in [6.45, 7) is 0. The average Bonchev–Trinajstić information content (AvgIpc) is 2.39. The van der Waals surface area contributed by atoms with Crippen molar-refractivity contribution in [2.75, 3.05) is 0 Å². The molecule has 3 rings (SSSR count). The van der Waals surface area contributed by atoms with Gasteiger partial charge in [-0.3, -0.25) is 0 Å². The van der Waals surface area contributed by atoms with Crippen LogP contribution in [0.2, 0.25) is 0 Å². The van der Waals surface area contributed by atoms with Gasteiger partial charge in [0.15, 0.2) is 0 Å². The van der Waals surface area contributed by atoms with Gasteiger partial charge in [0, 0.05) is 5.46 Å². The van der Waals surface area contributed by atoms with Crippen LogP contribution in [0.25, 0.3) is 11.1 Å². The van der Waals surface area contributed by atoms with Crippen LogP contribution in [0.15, 0.2) is 47.6 Å². The van der Waals surface area contributed by atoms with Crippen molar-refractivity contribution in [3.63, 3.8) is 0 Å². The van der Waals surface area contributed by atoms with Gasteiger partial charge in [0.2, 0.25) is 0 Å². The summed E-state index contributed by atoms with van der Waals surface area (Å²) in [6.07, 6.45) is 1.55. The van der Waals surface area contributed by atoms with Crippen LogP contribution in [0.1, 0.15) is 5.56 Å². The maximum absolute atomic E-state index is 12.9. The van der Waals surface area contributed by atoms with Gasteiger partial charge in [0.1, 0.15) is 5.82 Å². The molecule has 0 fully saturated rings. The minimum absolute atomic E-state index is 0.262. The standard InChI is InChI=1S/C13H9BFNO2/c15-12-4-1-9(2-5-12)10-3-6-13-11(7-10)8-16-18-14(13)17/h1-8,17H. The Balaban J connectivity index is 2.05. The van der Waals surface area contributed by atoms with Crippen molar-refractivity contribution >= 4 is 18.8 Å². The molecule has 0 aliphatic carbocycles. The largest absolute Gasteiger partial charge is 0.583 e. The first kappa shape index (κ1) is 11.0. The SMILES string of the molecule is OB1ON=Cc2cc(-c3ccc(F)cc3)ccc21. The first-order valence-corrected chi connectivity index (χ1v) is 5.51. The van der Waals surface area contributed by atoms with Crippen LogP contribution in [0.5, 0.6) is 0 Å². The lowest BCUT2D eigenvalue weighted by Gasteiger charge is -2.13. The number of nitrogens with zero attached hydrogens (tertiary/aromatic N) is 1. The Hall–Kier alpha value is -2.14. The second-order valence-electron chi connectivity index (χ2n) is 4.04. The molecule has 0 radical (unpaired) electrons. The smallest absolute Gasteiger partial charge is 0.427 e. The molecule has 5 heteroatoms. The molecule has 0 amide bonds. The third-order valence-electron chi connectivity index (χ3n) is 2.88. The fourth-order valence-corrected chi connectivity index (χ4v) is 1.93. The maximum Gasteiger partial charge on any atom is 0.583 e. The number of halogens is 1. The Bertz CT molecular complexity index is 613. The Labute approximate surface area is 104 Å². The number of oxime groups is 1. The molecule has 0 saturated carbocycles. The average molecular weight is 241 g/mol. The minimum Gasteiger partial charge on any atom is -0.427 e. The van der Waals surface area contributed by atoms with Gasteiger partial charge in [-0.05, 0) is 34.9 Å². The molecule has 2 aromatic carbocycles. The van der Waals surface area contributed by atoms with E-state index in [1.807, 2.05) is 12.1 Å². The summed E-state index contributed by atoms with van der Waals surface area (Å²) in [7, 11) is -1.02. The van der Waals surface area contributed by atoms with E-state index in [-0.39, 0.29) is 5.82 Å². The summed E-state index contributed by atoms with van der Waals surface area (Å²) in [6, 6.07) is 11.8.